The number of hydrogen-bond acceptors (Lipinski definition) is 4. The Balaban J connectivity index is 0.000000206. The summed E-state index contributed by atoms with van der Waals surface area (Å²) in [5, 5.41) is 17.4. The van der Waals surface area contributed by atoms with Gasteiger partial charge in [0.15, 0.2) is 0 Å². The average molecular weight is 530 g/mol. The highest BCUT2D eigenvalue weighted by Crippen LogP contribution is 2.35. The molecule has 0 aliphatic carbocycles. The van der Waals surface area contributed by atoms with Gasteiger partial charge in [-0.25, -0.2) is 9.59 Å². The van der Waals surface area contributed by atoms with E-state index in [1.807, 2.05) is 0 Å². The minimum Gasteiger partial charge on any atom is -0.478 e. The smallest absolute Gasteiger partial charge is 0.416 e. The topological polar surface area (TPSA) is 93.1 Å². The Morgan fingerprint density at radius 1 is 0.703 bits per heavy atom. The van der Waals surface area contributed by atoms with Gasteiger partial charge in [0, 0.05) is 12.2 Å². The van der Waals surface area contributed by atoms with Crippen LogP contribution in [-0.2, 0) is 44.6 Å². The second-order valence-electron chi connectivity index (χ2n) is 8.05. The lowest BCUT2D eigenvalue weighted by Crippen LogP contribution is -2.13. The Bertz CT molecular complexity index is 1240. The monoisotopic (exact) mass is 530 g/mol. The maximum atomic E-state index is 12.6. The molecule has 2 aromatic carbocycles. The predicted molar refractivity (Wildman–Crippen MR) is 118 cm³/mol. The van der Waals surface area contributed by atoms with Gasteiger partial charge in [-0.1, -0.05) is 12.1 Å². The average Bonchev–Trinajstić information content (AvgIpc) is 2.99. The lowest BCUT2D eigenvalue weighted by Gasteiger charge is -2.20. The van der Waals surface area contributed by atoms with Gasteiger partial charge in [-0.3, -0.25) is 0 Å². The molecule has 2 N–H and O–H groups in total. The minimum absolute atomic E-state index is 0.0518. The molecule has 0 saturated carbocycles. The molecule has 2 aliphatic heterocycles. The molecule has 0 spiro atoms. The van der Waals surface area contributed by atoms with Gasteiger partial charge in [-0.15, -0.1) is 0 Å². The van der Waals surface area contributed by atoms with E-state index in [-0.39, 0.29) is 26.4 Å². The first kappa shape index (κ1) is 27.9. The quantitative estimate of drug-likeness (QED) is 0.377. The zero-order valence-electron chi connectivity index (χ0n) is 18.9. The number of carboxylic acid groups (broad SMARTS) is 2. The molecule has 0 bridgehead atoms. The fraction of sp³-hybridized carbons (Fsp3) is 0.280. The molecule has 2 aromatic rings. The number of aliphatic carboxylic acids is 2. The third-order valence-corrected chi connectivity index (χ3v) is 5.44. The molecule has 2 heterocycles. The van der Waals surface area contributed by atoms with E-state index >= 15 is 0 Å². The van der Waals surface area contributed by atoms with E-state index in [0.717, 1.165) is 36.4 Å². The van der Waals surface area contributed by atoms with Crippen LogP contribution in [-0.4, -0.2) is 35.4 Å². The van der Waals surface area contributed by atoms with E-state index in [1.165, 1.54) is 12.1 Å². The van der Waals surface area contributed by atoms with Gasteiger partial charge in [0.25, 0.3) is 0 Å². The molecule has 0 amide bonds. The third-order valence-electron chi connectivity index (χ3n) is 5.44. The lowest BCUT2D eigenvalue weighted by atomic mass is 9.96. The van der Waals surface area contributed by atoms with Crippen LogP contribution in [0, 0.1) is 0 Å². The molecular weight excluding hydrogens is 510 g/mol. The van der Waals surface area contributed by atoms with Gasteiger partial charge in [-0.2, -0.15) is 26.3 Å². The molecule has 0 fully saturated rings. The summed E-state index contributed by atoms with van der Waals surface area (Å²) in [5.41, 5.74) is 1.05. The van der Waals surface area contributed by atoms with E-state index < -0.39 is 35.4 Å². The molecule has 0 radical (unpaired) electrons. The maximum Gasteiger partial charge on any atom is 0.416 e. The summed E-state index contributed by atoms with van der Waals surface area (Å²) in [6.45, 7) is 0.478. The SMILES string of the molecule is O=C(O)/C=C1\CCOCc2cc(C(F)(F)F)ccc21.O=C(O)/C=C1\COCc2cc(C(F)(F)F)ccc21. The molecule has 0 unspecified atom stereocenters. The summed E-state index contributed by atoms with van der Waals surface area (Å²) in [6.07, 6.45) is -6.50. The summed E-state index contributed by atoms with van der Waals surface area (Å²) in [6, 6.07) is 6.50. The van der Waals surface area contributed by atoms with Gasteiger partial charge in [-0.05, 0) is 64.1 Å². The second kappa shape index (κ2) is 11.2. The van der Waals surface area contributed by atoms with Gasteiger partial charge in [0.05, 0.1) is 37.6 Å². The molecular formula is C25H20F6O6. The van der Waals surface area contributed by atoms with Crippen LogP contribution in [0.1, 0.15) is 39.8 Å². The van der Waals surface area contributed by atoms with Crippen LogP contribution < -0.4 is 0 Å². The number of rotatable bonds is 2. The maximum absolute atomic E-state index is 12.6. The van der Waals surface area contributed by atoms with Crippen molar-refractivity contribution >= 4 is 23.1 Å². The van der Waals surface area contributed by atoms with Crippen molar-refractivity contribution < 1.29 is 55.6 Å². The largest absolute Gasteiger partial charge is 0.478 e. The van der Waals surface area contributed by atoms with Crippen LogP contribution >= 0.6 is 0 Å². The van der Waals surface area contributed by atoms with Crippen LogP contribution in [0.2, 0.25) is 0 Å². The second-order valence-corrected chi connectivity index (χ2v) is 8.05. The number of alkyl halides is 6. The lowest BCUT2D eigenvalue weighted by molar-refractivity contribution is -0.138. The summed E-state index contributed by atoms with van der Waals surface area (Å²) in [4.78, 5) is 21.3. The first-order valence-corrected chi connectivity index (χ1v) is 10.7. The van der Waals surface area contributed by atoms with Gasteiger partial charge < -0.3 is 19.7 Å². The van der Waals surface area contributed by atoms with Crippen LogP contribution in [0.3, 0.4) is 0 Å². The highest BCUT2D eigenvalue weighted by atomic mass is 19.4. The van der Waals surface area contributed by atoms with Crippen molar-refractivity contribution in [2.75, 3.05) is 13.2 Å². The molecule has 0 saturated heterocycles. The van der Waals surface area contributed by atoms with E-state index in [2.05, 4.69) is 0 Å². The number of hydrogen-bond donors (Lipinski definition) is 2. The normalized spacial score (nSPS) is 17.8. The summed E-state index contributed by atoms with van der Waals surface area (Å²) in [7, 11) is 0. The molecule has 12 heteroatoms. The Morgan fingerprint density at radius 3 is 1.65 bits per heavy atom. The van der Waals surface area contributed by atoms with Gasteiger partial charge >= 0.3 is 24.3 Å². The molecule has 198 valence electrons. The first-order valence-electron chi connectivity index (χ1n) is 10.7. The first-order chi connectivity index (χ1) is 17.3. The van der Waals surface area contributed by atoms with E-state index in [9.17, 15) is 35.9 Å². The van der Waals surface area contributed by atoms with Crippen molar-refractivity contribution in [2.24, 2.45) is 0 Å². The standard InChI is InChI=1S/C13H11F3O3.C12H9F3O3/c14-13(15,16)10-1-2-11-8(6-12(17)18)3-4-19-7-9(11)5-10;13-12(14,15)9-1-2-10-7(3-9)5-18-6-8(10)4-11(16)17/h1-2,5-6H,3-4,7H2,(H,17,18);1-4H,5-6H2,(H,16,17)/b8-6+;8-4+. The molecule has 0 aromatic heterocycles. The van der Waals surface area contributed by atoms with Crippen molar-refractivity contribution in [3.63, 3.8) is 0 Å². The van der Waals surface area contributed by atoms with Crippen LogP contribution in [0.15, 0.2) is 48.6 Å². The fourth-order valence-corrected chi connectivity index (χ4v) is 3.82. The molecule has 6 nitrogen and oxygen atoms in total. The number of carboxylic acids is 2. The molecule has 0 atom stereocenters. The molecule has 4 rings (SSSR count). The molecule has 2 aliphatic rings. The van der Waals surface area contributed by atoms with Crippen molar-refractivity contribution in [1.29, 1.82) is 0 Å². The van der Waals surface area contributed by atoms with Gasteiger partial charge in [0.1, 0.15) is 0 Å². The fourth-order valence-electron chi connectivity index (χ4n) is 3.82. The van der Waals surface area contributed by atoms with Crippen molar-refractivity contribution in [3.8, 4) is 0 Å². The summed E-state index contributed by atoms with van der Waals surface area (Å²) < 4.78 is 85.7. The predicted octanol–water partition coefficient (Wildman–Crippen LogP) is 5.80. The Labute approximate surface area is 206 Å². The van der Waals surface area contributed by atoms with Crippen LogP contribution in [0.4, 0.5) is 26.3 Å². The van der Waals surface area contributed by atoms with Crippen molar-refractivity contribution in [1.82, 2.24) is 0 Å². The zero-order valence-corrected chi connectivity index (χ0v) is 18.9. The van der Waals surface area contributed by atoms with E-state index in [0.29, 0.717) is 39.8 Å². The number of carbonyl (C=O) groups is 2. The number of fused-ring (bicyclic) bond motifs is 2. The Morgan fingerprint density at radius 2 is 1.16 bits per heavy atom. The Kier molecular flexibility index (Phi) is 8.44. The van der Waals surface area contributed by atoms with Gasteiger partial charge in [0.2, 0.25) is 0 Å². The highest BCUT2D eigenvalue weighted by Gasteiger charge is 2.32. The van der Waals surface area contributed by atoms with Crippen molar-refractivity contribution in [3.05, 3.63) is 81.9 Å². The van der Waals surface area contributed by atoms with Crippen molar-refractivity contribution in [2.45, 2.75) is 32.0 Å². The van der Waals surface area contributed by atoms with E-state index in [4.69, 9.17) is 19.7 Å². The zero-order chi connectivity index (χ0) is 27.4. The summed E-state index contributed by atoms with van der Waals surface area (Å²) >= 11 is 0. The van der Waals surface area contributed by atoms with Crippen LogP contribution in [0.5, 0.6) is 0 Å². The summed E-state index contributed by atoms with van der Waals surface area (Å²) in [5.74, 6) is -2.27. The number of benzene rings is 2. The van der Waals surface area contributed by atoms with E-state index in [1.54, 1.807) is 0 Å². The number of halogens is 6. The number of ether oxygens (including phenoxy) is 2. The van der Waals surface area contributed by atoms with Crippen LogP contribution in [0.25, 0.3) is 11.1 Å². The Hall–Kier alpha value is -3.64. The molecule has 37 heavy (non-hydrogen) atoms. The minimum atomic E-state index is -4.42. The third kappa shape index (κ3) is 7.43. The highest BCUT2D eigenvalue weighted by molar-refractivity contribution is 5.91.